The molecule has 1 amide bonds. The fraction of sp³-hybridized carbons (Fsp3) is 0.795. The van der Waals surface area contributed by atoms with Crippen LogP contribution < -0.4 is 0 Å². The van der Waals surface area contributed by atoms with Gasteiger partial charge in [-0.25, -0.2) is 4.79 Å². The molecular formula is C44H67NO12. The first-order valence-corrected chi connectivity index (χ1v) is 21.3. The van der Waals surface area contributed by atoms with Gasteiger partial charge in [0.15, 0.2) is 18.4 Å². The van der Waals surface area contributed by atoms with E-state index in [2.05, 4.69) is 24.8 Å². The van der Waals surface area contributed by atoms with Gasteiger partial charge in [-0.05, 0) is 88.0 Å². The van der Waals surface area contributed by atoms with Crippen LogP contribution in [0.1, 0.15) is 85.5 Å². The van der Waals surface area contributed by atoms with Crippen molar-refractivity contribution >= 4 is 17.8 Å². The second-order valence-electron chi connectivity index (χ2n) is 17.0. The van der Waals surface area contributed by atoms with Crippen molar-refractivity contribution in [2.75, 3.05) is 35.0 Å². The minimum Gasteiger partial charge on any atom is -0.462 e. The minimum absolute atomic E-state index is 0.00119. The molecule has 1 saturated carbocycles. The fourth-order valence-corrected chi connectivity index (χ4v) is 10.6. The number of amides is 1. The predicted molar refractivity (Wildman–Crippen MR) is 210 cm³/mol. The zero-order valence-electron chi connectivity index (χ0n) is 35.2. The van der Waals surface area contributed by atoms with E-state index in [0.29, 0.717) is 37.7 Å². The molecule has 0 aromatic heterocycles. The molecule has 13 nitrogen and oxygen atoms in total. The first kappa shape index (κ1) is 43.9. The van der Waals surface area contributed by atoms with E-state index >= 15 is 0 Å². The number of methoxy groups -OCH3 is 3. The highest BCUT2D eigenvalue weighted by atomic mass is 16.7. The molecule has 0 spiro atoms. The lowest BCUT2D eigenvalue weighted by Gasteiger charge is -2.44. The van der Waals surface area contributed by atoms with Crippen LogP contribution in [0.3, 0.4) is 0 Å². The van der Waals surface area contributed by atoms with Gasteiger partial charge in [0, 0.05) is 46.6 Å². The summed E-state index contributed by atoms with van der Waals surface area (Å²) in [6, 6.07) is -0.173. The molecular weight excluding hydrogens is 734 g/mol. The fourth-order valence-electron chi connectivity index (χ4n) is 10.6. The third-order valence-electron chi connectivity index (χ3n) is 13.7. The van der Waals surface area contributed by atoms with Crippen LogP contribution in [0, 0.1) is 35.5 Å². The standard InChI is InChI=1S/C44H67NO12/c1-10-19-52-44(48)45(6)35-17-18-38(53-25(35)4)57-36-14-12-13-28(11-2)55-37(46)23-33-30-16-15-27-20-29(21-31(27)32(30)22-34(33)39(47)24(36)3)56-43-42(51-9)41(50-8)40(49-7)26(5)54-43/h10,15-16,22,24-33,35-36,38,40-43H,1,11-14,17-21,23H2,2-9H3/t24-,25?,26?,27-,28+,29-,30-,31-,32-,33+,35+,36+,38+,40+,41?,42+,43+/m1/s1. The smallest absolute Gasteiger partial charge is 0.410 e. The van der Waals surface area contributed by atoms with Crippen LogP contribution in [-0.4, -0.2) is 125 Å². The first-order valence-electron chi connectivity index (χ1n) is 21.3. The summed E-state index contributed by atoms with van der Waals surface area (Å²) in [6.07, 6.45) is 10.1. The number of rotatable bonds is 11. The summed E-state index contributed by atoms with van der Waals surface area (Å²) in [5, 5.41) is 0. The predicted octanol–water partition coefficient (Wildman–Crippen LogP) is 6.18. The number of esters is 1. The van der Waals surface area contributed by atoms with Crippen molar-refractivity contribution < 1.29 is 57.0 Å². The number of carbonyl (C=O) groups is 3. The Morgan fingerprint density at radius 3 is 2.35 bits per heavy atom. The van der Waals surface area contributed by atoms with Crippen LogP contribution >= 0.6 is 0 Å². The molecule has 6 rings (SSSR count). The zero-order chi connectivity index (χ0) is 41.0. The number of nitrogens with zero attached hydrogens (tertiary/aromatic N) is 1. The molecule has 3 unspecified atom stereocenters. The van der Waals surface area contributed by atoms with E-state index in [0.717, 1.165) is 19.3 Å². The van der Waals surface area contributed by atoms with Crippen molar-refractivity contribution in [3.05, 3.63) is 36.5 Å². The van der Waals surface area contributed by atoms with Gasteiger partial charge in [0.1, 0.15) is 31.0 Å². The molecule has 320 valence electrons. The van der Waals surface area contributed by atoms with Crippen LogP contribution in [0.2, 0.25) is 0 Å². The molecule has 0 radical (unpaired) electrons. The Balaban J connectivity index is 1.18. The normalized spacial score (nSPS) is 42.4. The van der Waals surface area contributed by atoms with E-state index in [1.165, 1.54) is 0 Å². The molecule has 0 aromatic rings. The number of ether oxygens (including phenoxy) is 9. The number of Topliss-reactive ketones (excluding diaryl/α,β-unsaturated/α-hetero) is 1. The van der Waals surface area contributed by atoms with E-state index in [1.54, 1.807) is 39.4 Å². The van der Waals surface area contributed by atoms with Gasteiger partial charge in [-0.15, -0.1) is 0 Å². The SMILES string of the molecule is C=CCOC(=O)N(C)[C@H]1CC[C@H](O[C@H]2CCC[C@H](CC)OC(=O)C[C@@H]3C(=C[C@@H]4[C@H]3C=C[C@@H]3C[C@@H](O[C@@H]5OC(C)[C@H](OC)C(OC)[C@@H]5OC)C[C@@H]43)C(=O)[C@@H]2C)OC1C. The van der Waals surface area contributed by atoms with Gasteiger partial charge in [0.2, 0.25) is 0 Å². The summed E-state index contributed by atoms with van der Waals surface area (Å²) in [7, 11) is 6.66. The highest BCUT2D eigenvalue weighted by Gasteiger charge is 2.53. The highest BCUT2D eigenvalue weighted by Crippen LogP contribution is 2.54. The lowest BCUT2D eigenvalue weighted by Crippen LogP contribution is -2.59. The number of ketones is 1. The summed E-state index contributed by atoms with van der Waals surface area (Å²) in [5.74, 6) is -0.395. The Morgan fingerprint density at radius 1 is 0.912 bits per heavy atom. The van der Waals surface area contributed by atoms with Crippen LogP contribution in [0.25, 0.3) is 0 Å². The van der Waals surface area contributed by atoms with Crippen molar-refractivity contribution in [3.8, 4) is 0 Å². The summed E-state index contributed by atoms with van der Waals surface area (Å²) >= 11 is 0. The van der Waals surface area contributed by atoms with E-state index in [9.17, 15) is 14.4 Å². The van der Waals surface area contributed by atoms with Crippen molar-refractivity contribution in [1.82, 2.24) is 4.90 Å². The monoisotopic (exact) mass is 801 g/mol. The van der Waals surface area contributed by atoms with E-state index in [4.69, 9.17) is 42.6 Å². The molecule has 17 atom stereocenters. The quantitative estimate of drug-likeness (QED) is 0.174. The average Bonchev–Trinajstić information content (AvgIpc) is 3.78. The molecule has 3 aliphatic carbocycles. The maximum atomic E-state index is 14.8. The summed E-state index contributed by atoms with van der Waals surface area (Å²) in [5.41, 5.74) is 0.710. The van der Waals surface area contributed by atoms with Gasteiger partial charge in [0.05, 0.1) is 36.9 Å². The largest absolute Gasteiger partial charge is 0.462 e. The molecule has 3 heterocycles. The Bertz CT molecular complexity index is 1470. The molecule has 0 bridgehead atoms. The second kappa shape index (κ2) is 19.6. The lowest BCUT2D eigenvalue weighted by atomic mass is 9.70. The Hall–Kier alpha value is -2.65. The number of likely N-dealkylation sites (N-methyl/N-ethyl adjacent to an activating group) is 1. The van der Waals surface area contributed by atoms with Gasteiger partial charge >= 0.3 is 12.1 Å². The van der Waals surface area contributed by atoms with E-state index in [1.807, 2.05) is 27.7 Å². The number of allylic oxidation sites excluding steroid dienone is 4. The maximum Gasteiger partial charge on any atom is 0.410 e. The minimum atomic E-state index is -0.620. The highest BCUT2D eigenvalue weighted by molar-refractivity contribution is 5.99. The van der Waals surface area contributed by atoms with Gasteiger partial charge in [0.25, 0.3) is 0 Å². The number of hydrogen-bond acceptors (Lipinski definition) is 12. The number of cyclic esters (lactones) is 1. The Labute approximate surface area is 339 Å². The van der Waals surface area contributed by atoms with Gasteiger partial charge in [-0.1, -0.05) is 44.7 Å². The molecule has 0 aromatic carbocycles. The van der Waals surface area contributed by atoms with Crippen molar-refractivity contribution in [3.63, 3.8) is 0 Å². The molecule has 6 aliphatic rings. The van der Waals surface area contributed by atoms with E-state index in [-0.39, 0.29) is 97.0 Å². The lowest BCUT2D eigenvalue weighted by molar-refractivity contribution is -0.314. The van der Waals surface area contributed by atoms with Crippen molar-refractivity contribution in [2.45, 2.75) is 153 Å². The zero-order valence-corrected chi connectivity index (χ0v) is 35.2. The average molecular weight is 802 g/mol. The molecule has 4 fully saturated rings. The van der Waals surface area contributed by atoms with Gasteiger partial charge in [-0.3, -0.25) is 9.59 Å². The number of carbonyl (C=O) groups excluding carboxylic acids is 3. The summed E-state index contributed by atoms with van der Waals surface area (Å²) < 4.78 is 54.8. The van der Waals surface area contributed by atoms with E-state index < -0.39 is 36.8 Å². The Kier molecular flexibility index (Phi) is 15.1. The molecule has 3 saturated heterocycles. The van der Waals surface area contributed by atoms with Crippen LogP contribution in [0.5, 0.6) is 0 Å². The number of hydrogen-bond donors (Lipinski definition) is 0. The molecule has 57 heavy (non-hydrogen) atoms. The molecule has 13 heteroatoms. The summed E-state index contributed by atoms with van der Waals surface area (Å²) in [4.78, 5) is 42.5. The third-order valence-corrected chi connectivity index (χ3v) is 13.7. The number of fused-ring (bicyclic) bond motifs is 5. The van der Waals surface area contributed by atoms with Crippen molar-refractivity contribution in [2.24, 2.45) is 35.5 Å². The first-order chi connectivity index (χ1) is 27.4. The maximum absolute atomic E-state index is 14.8. The van der Waals surface area contributed by atoms with Crippen LogP contribution in [0.15, 0.2) is 36.5 Å². The van der Waals surface area contributed by atoms with Crippen LogP contribution in [0.4, 0.5) is 4.79 Å². The molecule has 3 aliphatic heterocycles. The van der Waals surface area contributed by atoms with Gasteiger partial charge < -0.3 is 47.5 Å². The Morgan fingerprint density at radius 2 is 1.67 bits per heavy atom. The molecule has 0 N–H and O–H groups in total. The second-order valence-corrected chi connectivity index (χ2v) is 17.0. The van der Waals surface area contributed by atoms with Crippen molar-refractivity contribution in [1.29, 1.82) is 0 Å². The summed E-state index contributed by atoms with van der Waals surface area (Å²) in [6.45, 7) is 11.7. The van der Waals surface area contributed by atoms with Crippen LogP contribution in [-0.2, 0) is 52.2 Å². The van der Waals surface area contributed by atoms with Gasteiger partial charge in [-0.2, -0.15) is 0 Å². The topological polar surface area (TPSA) is 138 Å². The third kappa shape index (κ3) is 9.55.